The molecule has 1 fully saturated rings. The SMILES string of the molecule is CC(C)CNc1nc(N)c(C(=O)NCC2CCCC2)s1. The van der Waals surface area contributed by atoms with E-state index in [-0.39, 0.29) is 5.91 Å². The van der Waals surface area contributed by atoms with Crippen molar-refractivity contribution in [2.24, 2.45) is 11.8 Å². The van der Waals surface area contributed by atoms with Crippen LogP contribution in [-0.2, 0) is 0 Å². The third-order valence-corrected chi connectivity index (χ3v) is 4.57. The number of amides is 1. The molecular formula is C14H24N4OS. The number of hydrogen-bond acceptors (Lipinski definition) is 5. The van der Waals surface area contributed by atoms with Crippen molar-refractivity contribution < 1.29 is 4.79 Å². The van der Waals surface area contributed by atoms with Crippen LogP contribution in [0.25, 0.3) is 0 Å². The molecule has 1 amide bonds. The highest BCUT2D eigenvalue weighted by Gasteiger charge is 2.19. The first-order valence-electron chi connectivity index (χ1n) is 7.34. The first-order valence-corrected chi connectivity index (χ1v) is 8.16. The monoisotopic (exact) mass is 296 g/mol. The van der Waals surface area contributed by atoms with E-state index in [1.165, 1.54) is 37.0 Å². The van der Waals surface area contributed by atoms with E-state index in [9.17, 15) is 4.79 Å². The lowest BCUT2D eigenvalue weighted by Gasteiger charge is -2.09. The second kappa shape index (κ2) is 6.92. The first-order chi connectivity index (χ1) is 9.56. The second-order valence-corrected chi connectivity index (χ2v) is 6.87. The van der Waals surface area contributed by atoms with Crippen LogP contribution in [0.2, 0.25) is 0 Å². The molecule has 1 aromatic heterocycles. The Morgan fingerprint density at radius 3 is 2.80 bits per heavy atom. The third kappa shape index (κ3) is 4.10. The van der Waals surface area contributed by atoms with Crippen molar-refractivity contribution in [3.63, 3.8) is 0 Å². The minimum atomic E-state index is -0.0931. The number of nitrogens with one attached hydrogen (secondary N) is 2. The Morgan fingerprint density at radius 2 is 2.15 bits per heavy atom. The Balaban J connectivity index is 1.88. The molecule has 20 heavy (non-hydrogen) atoms. The van der Waals surface area contributed by atoms with Gasteiger partial charge in [0, 0.05) is 13.1 Å². The van der Waals surface area contributed by atoms with Crippen LogP contribution in [0.1, 0.15) is 49.2 Å². The number of nitrogens with zero attached hydrogens (tertiary/aromatic N) is 1. The van der Waals surface area contributed by atoms with Gasteiger partial charge in [0.15, 0.2) is 5.13 Å². The summed E-state index contributed by atoms with van der Waals surface area (Å²) in [5.74, 6) is 1.39. The number of anilines is 2. The molecule has 0 saturated heterocycles. The van der Waals surface area contributed by atoms with Gasteiger partial charge in [-0.15, -0.1) is 0 Å². The molecule has 1 aliphatic carbocycles. The normalized spacial score (nSPS) is 15.8. The fraction of sp³-hybridized carbons (Fsp3) is 0.714. The summed E-state index contributed by atoms with van der Waals surface area (Å²) < 4.78 is 0. The maximum atomic E-state index is 12.1. The molecule has 1 saturated carbocycles. The van der Waals surface area contributed by atoms with Crippen LogP contribution in [0.3, 0.4) is 0 Å². The van der Waals surface area contributed by atoms with Gasteiger partial charge < -0.3 is 16.4 Å². The number of carbonyl (C=O) groups is 1. The molecule has 1 aromatic rings. The van der Waals surface area contributed by atoms with Crippen LogP contribution < -0.4 is 16.4 Å². The average Bonchev–Trinajstić information content (AvgIpc) is 3.03. The van der Waals surface area contributed by atoms with Crippen molar-refractivity contribution in [2.75, 3.05) is 24.1 Å². The molecular weight excluding hydrogens is 272 g/mol. The average molecular weight is 296 g/mol. The summed E-state index contributed by atoms with van der Waals surface area (Å²) in [5.41, 5.74) is 5.83. The fourth-order valence-corrected chi connectivity index (χ4v) is 3.20. The van der Waals surface area contributed by atoms with Gasteiger partial charge in [-0.1, -0.05) is 38.0 Å². The molecule has 1 aliphatic rings. The lowest BCUT2D eigenvalue weighted by Crippen LogP contribution is -2.28. The van der Waals surface area contributed by atoms with E-state index in [1.807, 2.05) is 0 Å². The molecule has 0 bridgehead atoms. The maximum absolute atomic E-state index is 12.1. The van der Waals surface area contributed by atoms with Crippen molar-refractivity contribution in [2.45, 2.75) is 39.5 Å². The van der Waals surface area contributed by atoms with E-state index >= 15 is 0 Å². The molecule has 0 spiro atoms. The molecule has 0 aromatic carbocycles. The van der Waals surface area contributed by atoms with Crippen LogP contribution in [0.15, 0.2) is 0 Å². The van der Waals surface area contributed by atoms with Crippen LogP contribution >= 0.6 is 11.3 Å². The molecule has 0 aliphatic heterocycles. The summed E-state index contributed by atoms with van der Waals surface area (Å²) in [4.78, 5) is 16.9. The Bertz CT molecular complexity index is 452. The summed E-state index contributed by atoms with van der Waals surface area (Å²) >= 11 is 1.33. The molecule has 0 radical (unpaired) electrons. The largest absolute Gasteiger partial charge is 0.382 e. The van der Waals surface area contributed by atoms with Crippen molar-refractivity contribution >= 4 is 28.2 Å². The van der Waals surface area contributed by atoms with Gasteiger partial charge in [0.1, 0.15) is 10.7 Å². The minimum absolute atomic E-state index is 0.0931. The van der Waals surface area contributed by atoms with Crippen molar-refractivity contribution in [1.82, 2.24) is 10.3 Å². The van der Waals surface area contributed by atoms with E-state index < -0.39 is 0 Å². The quantitative estimate of drug-likeness (QED) is 0.754. The van der Waals surface area contributed by atoms with Gasteiger partial charge in [-0.05, 0) is 24.7 Å². The van der Waals surface area contributed by atoms with Crippen LogP contribution in [-0.4, -0.2) is 24.0 Å². The van der Waals surface area contributed by atoms with Gasteiger partial charge >= 0.3 is 0 Å². The number of hydrogen-bond donors (Lipinski definition) is 3. The molecule has 112 valence electrons. The van der Waals surface area contributed by atoms with Gasteiger partial charge in [-0.3, -0.25) is 4.79 Å². The lowest BCUT2D eigenvalue weighted by molar-refractivity contribution is 0.0952. The zero-order valence-electron chi connectivity index (χ0n) is 12.2. The molecule has 6 heteroatoms. The molecule has 0 unspecified atom stereocenters. The number of carbonyl (C=O) groups excluding carboxylic acids is 1. The highest BCUT2D eigenvalue weighted by Crippen LogP contribution is 2.26. The van der Waals surface area contributed by atoms with E-state index in [1.54, 1.807) is 0 Å². The highest BCUT2D eigenvalue weighted by molar-refractivity contribution is 7.18. The van der Waals surface area contributed by atoms with Crippen molar-refractivity contribution in [1.29, 1.82) is 0 Å². The minimum Gasteiger partial charge on any atom is -0.382 e. The van der Waals surface area contributed by atoms with Crippen molar-refractivity contribution in [3.8, 4) is 0 Å². The predicted octanol–water partition coefficient (Wildman–Crippen LogP) is 2.71. The smallest absolute Gasteiger partial charge is 0.265 e. The topological polar surface area (TPSA) is 80.0 Å². The molecule has 4 N–H and O–H groups in total. The molecule has 5 nitrogen and oxygen atoms in total. The molecule has 1 heterocycles. The van der Waals surface area contributed by atoms with Crippen LogP contribution in [0, 0.1) is 11.8 Å². The fourth-order valence-electron chi connectivity index (χ4n) is 2.39. The summed E-state index contributed by atoms with van der Waals surface area (Å²) in [5, 5.41) is 6.91. The number of rotatable bonds is 6. The Hall–Kier alpha value is -1.30. The van der Waals surface area contributed by atoms with Gasteiger partial charge in [0.25, 0.3) is 5.91 Å². The van der Waals surface area contributed by atoms with Crippen LogP contribution in [0.5, 0.6) is 0 Å². The summed E-state index contributed by atoms with van der Waals surface area (Å²) in [6, 6.07) is 0. The van der Waals surface area contributed by atoms with E-state index in [2.05, 4.69) is 29.5 Å². The van der Waals surface area contributed by atoms with Gasteiger partial charge in [0.05, 0.1) is 0 Å². The summed E-state index contributed by atoms with van der Waals surface area (Å²) in [7, 11) is 0. The van der Waals surface area contributed by atoms with E-state index in [0.717, 1.165) is 18.2 Å². The second-order valence-electron chi connectivity index (χ2n) is 5.87. The van der Waals surface area contributed by atoms with Gasteiger partial charge in [-0.25, -0.2) is 4.98 Å². The summed E-state index contributed by atoms with van der Waals surface area (Å²) in [6.07, 6.45) is 5.01. The van der Waals surface area contributed by atoms with Crippen molar-refractivity contribution in [3.05, 3.63) is 4.88 Å². The van der Waals surface area contributed by atoms with E-state index in [0.29, 0.717) is 22.5 Å². The number of aromatic nitrogens is 1. The standard InChI is InChI=1S/C14H24N4OS/c1-9(2)7-17-14-18-12(15)11(20-14)13(19)16-8-10-5-3-4-6-10/h9-10H,3-8,15H2,1-2H3,(H,16,19)(H,17,18). The Labute approximate surface area is 124 Å². The third-order valence-electron chi connectivity index (χ3n) is 3.55. The number of nitrogen functional groups attached to an aromatic ring is 1. The first kappa shape index (κ1) is 15.1. The summed E-state index contributed by atoms with van der Waals surface area (Å²) in [6.45, 7) is 5.83. The van der Waals surface area contributed by atoms with Gasteiger partial charge in [0.2, 0.25) is 0 Å². The Morgan fingerprint density at radius 1 is 1.45 bits per heavy atom. The molecule has 0 atom stereocenters. The lowest BCUT2D eigenvalue weighted by atomic mass is 10.1. The zero-order valence-corrected chi connectivity index (χ0v) is 13.1. The highest BCUT2D eigenvalue weighted by atomic mass is 32.1. The zero-order chi connectivity index (χ0) is 14.5. The maximum Gasteiger partial charge on any atom is 0.265 e. The van der Waals surface area contributed by atoms with E-state index in [4.69, 9.17) is 5.73 Å². The number of nitrogens with two attached hydrogens (primary N) is 1. The number of thiazole rings is 1. The molecule has 2 rings (SSSR count). The Kier molecular flexibility index (Phi) is 5.23. The predicted molar refractivity (Wildman–Crippen MR) is 84.1 cm³/mol. The van der Waals surface area contributed by atoms with Gasteiger partial charge in [-0.2, -0.15) is 0 Å². The van der Waals surface area contributed by atoms with Crippen LogP contribution in [0.4, 0.5) is 10.9 Å².